The Kier molecular flexibility index (Phi) is 3.74. The minimum atomic E-state index is -0.203. The number of rotatable bonds is 3. The molecule has 0 amide bonds. The van der Waals surface area contributed by atoms with Gasteiger partial charge in [-0.1, -0.05) is 12.1 Å². The fourth-order valence-corrected chi connectivity index (χ4v) is 1.67. The summed E-state index contributed by atoms with van der Waals surface area (Å²) in [5, 5.41) is 11.1. The van der Waals surface area contributed by atoms with Crippen LogP contribution in [0.25, 0.3) is 0 Å². The fraction of sp³-hybridized carbons (Fsp3) is 0.357. The summed E-state index contributed by atoms with van der Waals surface area (Å²) in [6.07, 6.45) is 0. The minimum Gasteiger partial charge on any atom is -0.346 e. The third-order valence-corrected chi connectivity index (χ3v) is 3.13. The maximum absolute atomic E-state index is 13.5. The van der Waals surface area contributed by atoms with Crippen molar-refractivity contribution in [3.63, 3.8) is 0 Å². The van der Waals surface area contributed by atoms with E-state index in [9.17, 15) is 4.39 Å². The Morgan fingerprint density at radius 1 is 1.11 bits per heavy atom. The van der Waals surface area contributed by atoms with Crippen LogP contribution >= 0.6 is 0 Å². The highest BCUT2D eigenvalue weighted by atomic mass is 19.1. The van der Waals surface area contributed by atoms with Gasteiger partial charge in [-0.05, 0) is 44.9 Å². The molecule has 0 fully saturated rings. The number of nitrogens with zero attached hydrogens (tertiary/aromatic N) is 3. The number of hydrogen-bond acceptors (Lipinski definition) is 4. The van der Waals surface area contributed by atoms with E-state index < -0.39 is 0 Å². The Morgan fingerprint density at radius 2 is 1.84 bits per heavy atom. The summed E-state index contributed by atoms with van der Waals surface area (Å²) in [6.45, 7) is 7.42. The van der Waals surface area contributed by atoms with Gasteiger partial charge in [0, 0.05) is 0 Å². The lowest BCUT2D eigenvalue weighted by Gasteiger charge is -2.14. The number of halogens is 1. The molecule has 1 heterocycles. The monoisotopic (exact) mass is 260 g/mol. The number of hydrogen-bond donors (Lipinski definition) is 1. The average molecular weight is 260 g/mol. The molecule has 1 aromatic heterocycles. The third kappa shape index (κ3) is 3.05. The summed E-state index contributed by atoms with van der Waals surface area (Å²) in [7, 11) is 0. The number of aromatic nitrogens is 3. The Balaban J connectivity index is 2.17. The molecule has 5 heteroatoms. The van der Waals surface area contributed by atoms with Crippen LogP contribution in [0.15, 0.2) is 18.2 Å². The van der Waals surface area contributed by atoms with Crippen LogP contribution in [-0.4, -0.2) is 15.2 Å². The Bertz CT molecular complexity index is 598. The van der Waals surface area contributed by atoms with E-state index in [1.165, 1.54) is 6.07 Å². The molecular formula is C14H17FN4. The molecule has 1 N–H and O–H groups in total. The molecule has 0 spiro atoms. The summed E-state index contributed by atoms with van der Waals surface area (Å²) >= 11 is 0. The average Bonchev–Trinajstić information content (AvgIpc) is 2.37. The third-order valence-electron chi connectivity index (χ3n) is 3.13. The highest BCUT2D eigenvalue weighted by molar-refractivity contribution is 5.33. The summed E-state index contributed by atoms with van der Waals surface area (Å²) in [5.74, 6) is 0.252. The van der Waals surface area contributed by atoms with Gasteiger partial charge in [0.2, 0.25) is 5.95 Å². The van der Waals surface area contributed by atoms with Crippen LogP contribution in [0.3, 0.4) is 0 Å². The van der Waals surface area contributed by atoms with Gasteiger partial charge in [0.25, 0.3) is 0 Å². The Hall–Kier alpha value is -2.04. The molecule has 19 heavy (non-hydrogen) atoms. The van der Waals surface area contributed by atoms with Crippen LogP contribution in [0, 0.1) is 26.6 Å². The van der Waals surface area contributed by atoms with Crippen LogP contribution in [0.1, 0.15) is 35.5 Å². The zero-order valence-corrected chi connectivity index (χ0v) is 11.5. The highest BCUT2D eigenvalue weighted by Gasteiger charge is 2.10. The van der Waals surface area contributed by atoms with Crippen molar-refractivity contribution in [1.82, 2.24) is 15.2 Å². The highest BCUT2D eigenvalue weighted by Crippen LogP contribution is 2.19. The van der Waals surface area contributed by atoms with E-state index in [1.54, 1.807) is 13.0 Å². The van der Waals surface area contributed by atoms with E-state index in [4.69, 9.17) is 0 Å². The van der Waals surface area contributed by atoms with Gasteiger partial charge in [-0.2, -0.15) is 5.10 Å². The van der Waals surface area contributed by atoms with Gasteiger partial charge in [0.15, 0.2) is 0 Å². The molecule has 0 radical (unpaired) electrons. The van der Waals surface area contributed by atoms with E-state index in [2.05, 4.69) is 20.5 Å². The molecule has 0 saturated carbocycles. The van der Waals surface area contributed by atoms with Gasteiger partial charge in [0.1, 0.15) is 5.82 Å². The lowest BCUT2D eigenvalue weighted by Crippen LogP contribution is -2.11. The van der Waals surface area contributed by atoms with Gasteiger partial charge >= 0.3 is 0 Å². The van der Waals surface area contributed by atoms with Crippen molar-refractivity contribution in [2.45, 2.75) is 33.7 Å². The molecule has 0 saturated heterocycles. The minimum absolute atomic E-state index is 0.0843. The second kappa shape index (κ2) is 5.30. The van der Waals surface area contributed by atoms with Crippen LogP contribution in [0.2, 0.25) is 0 Å². The number of anilines is 1. The molecule has 0 aliphatic rings. The van der Waals surface area contributed by atoms with Crippen molar-refractivity contribution in [2.24, 2.45) is 0 Å². The van der Waals surface area contributed by atoms with Crippen molar-refractivity contribution in [3.05, 3.63) is 46.5 Å². The zero-order chi connectivity index (χ0) is 14.0. The summed E-state index contributed by atoms with van der Waals surface area (Å²) < 4.78 is 13.5. The molecule has 2 aromatic rings. The van der Waals surface area contributed by atoms with Crippen molar-refractivity contribution in [3.8, 4) is 0 Å². The molecule has 100 valence electrons. The van der Waals surface area contributed by atoms with Crippen LogP contribution in [0.4, 0.5) is 10.3 Å². The molecule has 0 aliphatic heterocycles. The molecule has 0 bridgehead atoms. The van der Waals surface area contributed by atoms with E-state index in [-0.39, 0.29) is 11.9 Å². The molecule has 2 rings (SSSR count). The summed E-state index contributed by atoms with van der Waals surface area (Å²) in [4.78, 5) is 4.30. The van der Waals surface area contributed by atoms with Crippen molar-refractivity contribution in [1.29, 1.82) is 0 Å². The smallest absolute Gasteiger partial charge is 0.243 e. The van der Waals surface area contributed by atoms with Crippen LogP contribution in [-0.2, 0) is 0 Å². The SMILES string of the molecule is Cc1ccc(C(C)Nc2nnc(C)c(C)n2)cc1F. The predicted molar refractivity (Wildman–Crippen MR) is 72.5 cm³/mol. The van der Waals surface area contributed by atoms with Crippen molar-refractivity contribution < 1.29 is 4.39 Å². The van der Waals surface area contributed by atoms with E-state index in [1.807, 2.05) is 26.8 Å². The molecule has 1 aromatic carbocycles. The molecule has 0 aliphatic carbocycles. The van der Waals surface area contributed by atoms with Crippen LogP contribution in [0.5, 0.6) is 0 Å². The van der Waals surface area contributed by atoms with E-state index >= 15 is 0 Å². The van der Waals surface area contributed by atoms with Gasteiger partial charge in [0.05, 0.1) is 17.4 Å². The first-order chi connectivity index (χ1) is 8.97. The lowest BCUT2D eigenvalue weighted by molar-refractivity contribution is 0.614. The first-order valence-electron chi connectivity index (χ1n) is 6.18. The van der Waals surface area contributed by atoms with Gasteiger partial charge < -0.3 is 5.32 Å². The summed E-state index contributed by atoms with van der Waals surface area (Å²) in [5.41, 5.74) is 3.13. The first-order valence-corrected chi connectivity index (χ1v) is 6.18. The Labute approximate surface area is 112 Å². The number of benzene rings is 1. The van der Waals surface area contributed by atoms with Gasteiger partial charge in [-0.15, -0.1) is 5.10 Å². The Morgan fingerprint density at radius 3 is 2.47 bits per heavy atom. The van der Waals surface area contributed by atoms with Gasteiger partial charge in [-0.25, -0.2) is 9.37 Å². The molecule has 4 nitrogen and oxygen atoms in total. The molecule has 1 atom stereocenters. The summed E-state index contributed by atoms with van der Waals surface area (Å²) in [6, 6.07) is 5.10. The molecule has 1 unspecified atom stereocenters. The second-order valence-electron chi connectivity index (χ2n) is 4.68. The van der Waals surface area contributed by atoms with E-state index in [0.29, 0.717) is 11.5 Å². The number of nitrogens with one attached hydrogen (secondary N) is 1. The first kappa shape index (κ1) is 13.4. The van der Waals surface area contributed by atoms with Crippen LogP contribution < -0.4 is 5.32 Å². The van der Waals surface area contributed by atoms with Gasteiger partial charge in [-0.3, -0.25) is 0 Å². The standard InChI is InChI=1S/C14H17FN4/c1-8-5-6-12(7-13(8)15)11(4)17-14-16-9(2)10(3)18-19-14/h5-7,11H,1-4H3,(H,16,17,19). The topological polar surface area (TPSA) is 50.7 Å². The zero-order valence-electron chi connectivity index (χ0n) is 11.5. The quantitative estimate of drug-likeness (QED) is 0.921. The maximum Gasteiger partial charge on any atom is 0.243 e. The largest absolute Gasteiger partial charge is 0.346 e. The molecular weight excluding hydrogens is 243 g/mol. The van der Waals surface area contributed by atoms with E-state index in [0.717, 1.165) is 17.0 Å². The van der Waals surface area contributed by atoms with Crippen molar-refractivity contribution >= 4 is 5.95 Å². The fourth-order valence-electron chi connectivity index (χ4n) is 1.67. The second-order valence-corrected chi connectivity index (χ2v) is 4.68. The normalized spacial score (nSPS) is 12.3. The lowest BCUT2D eigenvalue weighted by atomic mass is 10.1. The predicted octanol–water partition coefficient (Wildman–Crippen LogP) is 3.11. The maximum atomic E-state index is 13.5. The van der Waals surface area contributed by atoms with Crippen molar-refractivity contribution in [2.75, 3.05) is 5.32 Å². The number of aryl methyl sites for hydroxylation is 3.